The van der Waals surface area contributed by atoms with Crippen LogP contribution in [0.5, 0.6) is 11.5 Å². The van der Waals surface area contributed by atoms with Crippen LogP contribution in [0, 0.1) is 5.92 Å². The Morgan fingerprint density at radius 3 is 2.65 bits per heavy atom. The predicted octanol–water partition coefficient (Wildman–Crippen LogP) is 3.45. The van der Waals surface area contributed by atoms with Crippen molar-refractivity contribution in [1.29, 1.82) is 0 Å². The van der Waals surface area contributed by atoms with Crippen molar-refractivity contribution < 1.29 is 19.0 Å². The molecule has 0 saturated heterocycles. The van der Waals surface area contributed by atoms with Gasteiger partial charge >= 0.3 is 0 Å². The van der Waals surface area contributed by atoms with E-state index in [1.807, 2.05) is 6.07 Å². The van der Waals surface area contributed by atoms with Crippen LogP contribution in [0.1, 0.15) is 51.5 Å². The van der Waals surface area contributed by atoms with Gasteiger partial charge in [-0.25, -0.2) is 0 Å². The molecule has 0 bridgehead atoms. The van der Waals surface area contributed by atoms with Crippen LogP contribution in [0.15, 0.2) is 18.2 Å². The SMILES string of the molecule is CC(C)COCCC(=O)NCC1(c2ccc3c(c2)OCCO3)CCCC1. The van der Waals surface area contributed by atoms with Crippen LogP contribution in [0.3, 0.4) is 0 Å². The molecule has 0 atom stereocenters. The molecule has 1 heterocycles. The van der Waals surface area contributed by atoms with Crippen molar-refractivity contribution in [3.63, 3.8) is 0 Å². The Bertz CT molecular complexity index is 608. The molecule has 0 spiro atoms. The fraction of sp³-hybridized carbons (Fsp3) is 0.667. The normalized spacial score (nSPS) is 18.1. The quantitative estimate of drug-likeness (QED) is 0.721. The number of ether oxygens (including phenoxy) is 3. The zero-order valence-corrected chi connectivity index (χ0v) is 16.0. The van der Waals surface area contributed by atoms with Gasteiger partial charge in [0.05, 0.1) is 6.61 Å². The first kappa shape index (κ1) is 19.0. The smallest absolute Gasteiger partial charge is 0.222 e. The maximum Gasteiger partial charge on any atom is 0.222 e. The monoisotopic (exact) mass is 361 g/mol. The van der Waals surface area contributed by atoms with Gasteiger partial charge in [-0.3, -0.25) is 4.79 Å². The molecule has 3 rings (SSSR count). The molecule has 5 heteroatoms. The Kier molecular flexibility index (Phi) is 6.41. The number of carbonyl (C=O) groups excluding carboxylic acids is 1. The summed E-state index contributed by atoms with van der Waals surface area (Å²) in [5, 5.41) is 3.14. The molecule has 1 aliphatic carbocycles. The third kappa shape index (κ3) is 4.70. The summed E-state index contributed by atoms with van der Waals surface area (Å²) in [5.41, 5.74) is 1.25. The van der Waals surface area contributed by atoms with Crippen molar-refractivity contribution in [3.8, 4) is 11.5 Å². The molecular weight excluding hydrogens is 330 g/mol. The van der Waals surface area contributed by atoms with Gasteiger partial charge in [0.15, 0.2) is 11.5 Å². The Morgan fingerprint density at radius 1 is 1.19 bits per heavy atom. The van der Waals surface area contributed by atoms with Gasteiger partial charge in [-0.15, -0.1) is 0 Å². The average Bonchev–Trinajstić information content (AvgIpc) is 3.13. The van der Waals surface area contributed by atoms with E-state index in [1.165, 1.54) is 18.4 Å². The van der Waals surface area contributed by atoms with E-state index in [9.17, 15) is 4.79 Å². The van der Waals surface area contributed by atoms with Crippen LogP contribution in [0.4, 0.5) is 0 Å². The molecule has 1 aromatic rings. The number of hydrogen-bond donors (Lipinski definition) is 1. The predicted molar refractivity (Wildman–Crippen MR) is 101 cm³/mol. The minimum absolute atomic E-state index is 0.00425. The molecule has 0 unspecified atom stereocenters. The van der Waals surface area contributed by atoms with Crippen molar-refractivity contribution in [1.82, 2.24) is 5.32 Å². The van der Waals surface area contributed by atoms with E-state index in [4.69, 9.17) is 14.2 Å². The first-order valence-corrected chi connectivity index (χ1v) is 9.84. The Labute approximate surface area is 156 Å². The lowest BCUT2D eigenvalue weighted by atomic mass is 9.78. The summed E-state index contributed by atoms with van der Waals surface area (Å²) in [5.74, 6) is 2.21. The highest BCUT2D eigenvalue weighted by Crippen LogP contribution is 2.43. The fourth-order valence-electron chi connectivity index (χ4n) is 3.83. The maximum absolute atomic E-state index is 12.2. The van der Waals surface area contributed by atoms with Crippen LogP contribution in [-0.2, 0) is 14.9 Å². The lowest BCUT2D eigenvalue weighted by Gasteiger charge is -2.31. The van der Waals surface area contributed by atoms with Crippen LogP contribution < -0.4 is 14.8 Å². The lowest BCUT2D eigenvalue weighted by molar-refractivity contribution is -0.122. The standard InChI is InChI=1S/C21H31NO4/c1-16(2)14-24-10-7-20(23)22-15-21(8-3-4-9-21)17-5-6-18-19(13-17)26-12-11-25-18/h5-6,13,16H,3-4,7-12,14-15H2,1-2H3,(H,22,23). The summed E-state index contributed by atoms with van der Waals surface area (Å²) in [4.78, 5) is 12.2. The van der Waals surface area contributed by atoms with Crippen molar-refractivity contribution >= 4 is 5.91 Å². The fourth-order valence-corrected chi connectivity index (χ4v) is 3.83. The number of amides is 1. The second kappa shape index (κ2) is 8.76. The van der Waals surface area contributed by atoms with Crippen LogP contribution in [0.25, 0.3) is 0 Å². The van der Waals surface area contributed by atoms with E-state index in [1.54, 1.807) is 0 Å². The van der Waals surface area contributed by atoms with Gasteiger partial charge in [0, 0.05) is 25.0 Å². The summed E-state index contributed by atoms with van der Waals surface area (Å²) in [6.07, 6.45) is 5.00. The summed E-state index contributed by atoms with van der Waals surface area (Å²) < 4.78 is 16.9. The summed E-state index contributed by atoms with van der Waals surface area (Å²) in [6, 6.07) is 6.25. The molecule has 1 saturated carbocycles. The van der Waals surface area contributed by atoms with Gasteiger partial charge in [-0.1, -0.05) is 32.8 Å². The van der Waals surface area contributed by atoms with Crippen LogP contribution in [0.2, 0.25) is 0 Å². The number of nitrogens with one attached hydrogen (secondary N) is 1. The van der Waals surface area contributed by atoms with Crippen molar-refractivity contribution in [2.45, 2.75) is 51.4 Å². The van der Waals surface area contributed by atoms with Gasteiger partial charge in [0.2, 0.25) is 5.91 Å². The zero-order chi connectivity index (χ0) is 18.4. The third-order valence-corrected chi connectivity index (χ3v) is 5.26. The molecule has 2 aliphatic rings. The molecule has 144 valence electrons. The molecule has 5 nitrogen and oxygen atoms in total. The molecular formula is C21H31NO4. The summed E-state index contributed by atoms with van der Waals surface area (Å²) in [6.45, 7) is 7.28. The van der Waals surface area contributed by atoms with Crippen molar-refractivity contribution in [3.05, 3.63) is 23.8 Å². The Balaban J connectivity index is 1.59. The second-order valence-electron chi connectivity index (χ2n) is 7.84. The molecule has 26 heavy (non-hydrogen) atoms. The number of fused-ring (bicyclic) bond motifs is 1. The first-order chi connectivity index (χ1) is 12.6. The van der Waals surface area contributed by atoms with E-state index in [-0.39, 0.29) is 11.3 Å². The Morgan fingerprint density at radius 2 is 1.92 bits per heavy atom. The molecule has 0 aromatic heterocycles. The second-order valence-corrected chi connectivity index (χ2v) is 7.84. The highest BCUT2D eigenvalue weighted by atomic mass is 16.6. The van der Waals surface area contributed by atoms with Gasteiger partial charge < -0.3 is 19.5 Å². The molecule has 0 radical (unpaired) electrons. The third-order valence-electron chi connectivity index (χ3n) is 5.26. The first-order valence-electron chi connectivity index (χ1n) is 9.84. The maximum atomic E-state index is 12.2. The van der Waals surface area contributed by atoms with Crippen LogP contribution >= 0.6 is 0 Å². The summed E-state index contributed by atoms with van der Waals surface area (Å²) in [7, 11) is 0. The number of benzene rings is 1. The lowest BCUT2D eigenvalue weighted by Crippen LogP contribution is -2.39. The van der Waals surface area contributed by atoms with Gasteiger partial charge in [0.25, 0.3) is 0 Å². The van der Waals surface area contributed by atoms with Crippen molar-refractivity contribution in [2.24, 2.45) is 5.92 Å². The van der Waals surface area contributed by atoms with Gasteiger partial charge in [0.1, 0.15) is 13.2 Å². The molecule has 1 aromatic carbocycles. The van der Waals surface area contributed by atoms with E-state index in [0.29, 0.717) is 45.3 Å². The van der Waals surface area contributed by atoms with E-state index in [0.717, 1.165) is 24.3 Å². The van der Waals surface area contributed by atoms with Crippen molar-refractivity contribution in [2.75, 3.05) is 33.0 Å². The van der Waals surface area contributed by atoms with E-state index < -0.39 is 0 Å². The minimum Gasteiger partial charge on any atom is -0.486 e. The highest BCUT2D eigenvalue weighted by Gasteiger charge is 2.36. The molecule has 1 fully saturated rings. The summed E-state index contributed by atoms with van der Waals surface area (Å²) >= 11 is 0. The van der Waals surface area contributed by atoms with Crippen LogP contribution in [-0.4, -0.2) is 38.9 Å². The van der Waals surface area contributed by atoms with Gasteiger partial charge in [-0.05, 0) is 36.5 Å². The largest absolute Gasteiger partial charge is 0.486 e. The van der Waals surface area contributed by atoms with E-state index >= 15 is 0 Å². The zero-order valence-electron chi connectivity index (χ0n) is 16.0. The molecule has 1 aliphatic heterocycles. The Hall–Kier alpha value is -1.75. The minimum atomic E-state index is 0.00425. The number of rotatable bonds is 8. The van der Waals surface area contributed by atoms with Gasteiger partial charge in [-0.2, -0.15) is 0 Å². The topological polar surface area (TPSA) is 56.8 Å². The molecule has 1 amide bonds. The molecule has 1 N–H and O–H groups in total. The number of hydrogen-bond acceptors (Lipinski definition) is 4. The number of carbonyl (C=O) groups is 1. The van der Waals surface area contributed by atoms with E-state index in [2.05, 4.69) is 31.3 Å². The highest BCUT2D eigenvalue weighted by molar-refractivity contribution is 5.76. The average molecular weight is 361 g/mol.